The van der Waals surface area contributed by atoms with E-state index in [0.717, 1.165) is 5.56 Å². The predicted octanol–water partition coefficient (Wildman–Crippen LogP) is 1.47. The molecule has 0 saturated carbocycles. The summed E-state index contributed by atoms with van der Waals surface area (Å²) in [6.07, 6.45) is -0.180. The zero-order chi connectivity index (χ0) is 13.5. The van der Waals surface area contributed by atoms with Crippen molar-refractivity contribution in [2.45, 2.75) is 12.5 Å². The van der Waals surface area contributed by atoms with Crippen molar-refractivity contribution in [2.24, 2.45) is 0 Å². The Kier molecular flexibility index (Phi) is 5.17. The van der Waals surface area contributed by atoms with Crippen LogP contribution >= 0.6 is 0 Å². The van der Waals surface area contributed by atoms with Crippen molar-refractivity contribution in [1.29, 1.82) is 0 Å². The number of methoxy groups -OCH3 is 2. The Labute approximate surface area is 106 Å². The fraction of sp³-hybridized carbons (Fsp3) is 0.385. The Balaban J connectivity index is 2.86. The second-order valence-corrected chi connectivity index (χ2v) is 3.81. The molecule has 0 saturated heterocycles. The molecule has 0 aliphatic carbocycles. The van der Waals surface area contributed by atoms with Gasteiger partial charge in [-0.3, -0.25) is 4.90 Å². The molecule has 5 heteroatoms. The van der Waals surface area contributed by atoms with Crippen molar-refractivity contribution < 1.29 is 19.1 Å². The van der Waals surface area contributed by atoms with Gasteiger partial charge < -0.3 is 9.47 Å². The van der Waals surface area contributed by atoms with Crippen LogP contribution in [0.15, 0.2) is 30.3 Å². The molecule has 1 atom stereocenters. The molecule has 98 valence electrons. The number of amides is 1. The smallest absolute Gasteiger partial charge is 0.409 e. The highest BCUT2D eigenvalue weighted by atomic mass is 16.5. The van der Waals surface area contributed by atoms with Gasteiger partial charge in [0.2, 0.25) is 0 Å². The number of nitrogens with zero attached hydrogens (tertiary/aromatic N) is 1. The van der Waals surface area contributed by atoms with Crippen molar-refractivity contribution in [3.05, 3.63) is 35.9 Å². The third-order valence-corrected chi connectivity index (χ3v) is 2.68. The number of ether oxygens (including phenoxy) is 2. The van der Waals surface area contributed by atoms with Crippen molar-refractivity contribution in [3.8, 4) is 0 Å². The second-order valence-electron chi connectivity index (χ2n) is 3.81. The maximum atomic E-state index is 11.7. The topological polar surface area (TPSA) is 55.8 Å². The van der Waals surface area contributed by atoms with Gasteiger partial charge in [-0.2, -0.15) is 0 Å². The maximum absolute atomic E-state index is 11.7. The summed E-state index contributed by atoms with van der Waals surface area (Å²) in [5, 5.41) is 0. The number of hydrogen-bond acceptors (Lipinski definition) is 4. The summed E-state index contributed by atoms with van der Waals surface area (Å²) in [4.78, 5) is 24.4. The van der Waals surface area contributed by atoms with Crippen molar-refractivity contribution in [1.82, 2.24) is 4.90 Å². The maximum Gasteiger partial charge on any atom is 0.409 e. The first-order valence-electron chi connectivity index (χ1n) is 5.52. The van der Waals surface area contributed by atoms with Crippen LogP contribution in [0.3, 0.4) is 0 Å². The van der Waals surface area contributed by atoms with Gasteiger partial charge in [0.1, 0.15) is 6.04 Å². The number of likely N-dealkylation sites (N-methyl/N-ethyl adjacent to an activating group) is 1. The van der Waals surface area contributed by atoms with Crippen LogP contribution in [0.5, 0.6) is 0 Å². The van der Waals surface area contributed by atoms with Gasteiger partial charge in [0, 0.05) is 13.5 Å². The fourth-order valence-electron chi connectivity index (χ4n) is 1.62. The van der Waals surface area contributed by atoms with Gasteiger partial charge in [-0.1, -0.05) is 30.3 Å². The highest BCUT2D eigenvalue weighted by molar-refractivity contribution is 5.81. The van der Waals surface area contributed by atoms with Gasteiger partial charge >= 0.3 is 12.1 Å². The Morgan fingerprint density at radius 1 is 1.17 bits per heavy atom. The Morgan fingerprint density at radius 2 is 1.78 bits per heavy atom. The molecule has 0 spiro atoms. The largest absolute Gasteiger partial charge is 0.467 e. The Bertz CT molecular complexity index is 405. The van der Waals surface area contributed by atoms with Gasteiger partial charge in [0.25, 0.3) is 0 Å². The van der Waals surface area contributed by atoms with Crippen molar-refractivity contribution in [3.63, 3.8) is 0 Å². The van der Waals surface area contributed by atoms with E-state index in [2.05, 4.69) is 4.74 Å². The lowest BCUT2D eigenvalue weighted by Gasteiger charge is -2.24. The third-order valence-electron chi connectivity index (χ3n) is 2.68. The summed E-state index contributed by atoms with van der Waals surface area (Å²) < 4.78 is 9.32. The first-order chi connectivity index (χ1) is 8.60. The molecule has 1 aromatic carbocycles. The molecule has 0 fully saturated rings. The van der Waals surface area contributed by atoms with Crippen molar-refractivity contribution in [2.75, 3.05) is 21.3 Å². The number of carbonyl (C=O) groups excluding carboxylic acids is 2. The van der Waals surface area contributed by atoms with Gasteiger partial charge in [0.15, 0.2) is 0 Å². The SMILES string of the molecule is COC(=O)C(Cc1ccccc1)N(C)C(=O)OC. The highest BCUT2D eigenvalue weighted by Gasteiger charge is 2.28. The van der Waals surface area contributed by atoms with Gasteiger partial charge in [-0.15, -0.1) is 0 Å². The number of carbonyl (C=O) groups is 2. The van der Waals surface area contributed by atoms with Crippen LogP contribution in [0.1, 0.15) is 5.56 Å². The summed E-state index contributed by atoms with van der Waals surface area (Å²) in [6, 6.07) is 8.73. The zero-order valence-corrected chi connectivity index (χ0v) is 10.8. The zero-order valence-electron chi connectivity index (χ0n) is 10.8. The molecule has 0 N–H and O–H groups in total. The lowest BCUT2D eigenvalue weighted by atomic mass is 10.1. The van der Waals surface area contributed by atoms with E-state index in [1.807, 2.05) is 30.3 Å². The number of rotatable bonds is 4. The van der Waals surface area contributed by atoms with E-state index in [1.54, 1.807) is 0 Å². The van der Waals surface area contributed by atoms with E-state index in [9.17, 15) is 9.59 Å². The summed E-state index contributed by atoms with van der Waals surface area (Å²) in [5.74, 6) is -0.466. The summed E-state index contributed by atoms with van der Waals surface area (Å²) in [5.41, 5.74) is 0.948. The molecule has 0 aliphatic rings. The molecule has 0 heterocycles. The van der Waals surface area contributed by atoms with Crippen LogP contribution in [0.25, 0.3) is 0 Å². The standard InChI is InChI=1S/C13H17NO4/c1-14(13(16)18-3)11(12(15)17-2)9-10-7-5-4-6-8-10/h4-8,11H,9H2,1-3H3. The molecular formula is C13H17NO4. The molecule has 5 nitrogen and oxygen atoms in total. The minimum atomic E-state index is -0.690. The Hall–Kier alpha value is -2.04. The molecule has 1 amide bonds. The van der Waals surface area contributed by atoms with Crippen LogP contribution in [0, 0.1) is 0 Å². The lowest BCUT2D eigenvalue weighted by molar-refractivity contribution is -0.145. The predicted molar refractivity (Wildman–Crippen MR) is 66.1 cm³/mol. The molecule has 1 unspecified atom stereocenters. The molecule has 0 aromatic heterocycles. The lowest BCUT2D eigenvalue weighted by Crippen LogP contribution is -2.44. The van der Waals surface area contributed by atoms with Crippen LogP contribution in [0.4, 0.5) is 4.79 Å². The second kappa shape index (κ2) is 6.64. The number of hydrogen-bond donors (Lipinski definition) is 0. The fourth-order valence-corrected chi connectivity index (χ4v) is 1.62. The third kappa shape index (κ3) is 3.48. The van der Waals surface area contributed by atoms with Gasteiger partial charge in [-0.25, -0.2) is 9.59 Å². The van der Waals surface area contributed by atoms with E-state index < -0.39 is 18.1 Å². The van der Waals surface area contributed by atoms with E-state index in [0.29, 0.717) is 6.42 Å². The molecule has 0 aliphatic heterocycles. The number of benzene rings is 1. The molecule has 18 heavy (non-hydrogen) atoms. The normalized spacial score (nSPS) is 11.5. The molecular weight excluding hydrogens is 234 g/mol. The van der Waals surface area contributed by atoms with Gasteiger partial charge in [-0.05, 0) is 5.56 Å². The van der Waals surface area contributed by atoms with Crippen LogP contribution in [0.2, 0.25) is 0 Å². The summed E-state index contributed by atoms with van der Waals surface area (Å²) in [6.45, 7) is 0. The van der Waals surface area contributed by atoms with Crippen LogP contribution < -0.4 is 0 Å². The first-order valence-corrected chi connectivity index (χ1v) is 5.52. The first kappa shape index (κ1) is 14.0. The molecule has 0 radical (unpaired) electrons. The minimum Gasteiger partial charge on any atom is -0.467 e. The van der Waals surface area contributed by atoms with E-state index in [-0.39, 0.29) is 0 Å². The quantitative estimate of drug-likeness (QED) is 0.760. The monoisotopic (exact) mass is 251 g/mol. The summed E-state index contributed by atoms with van der Waals surface area (Å²) in [7, 11) is 4.08. The number of esters is 1. The highest BCUT2D eigenvalue weighted by Crippen LogP contribution is 2.10. The van der Waals surface area contributed by atoms with Crippen molar-refractivity contribution >= 4 is 12.1 Å². The van der Waals surface area contributed by atoms with E-state index in [1.165, 1.54) is 26.2 Å². The molecule has 0 bridgehead atoms. The summed E-state index contributed by atoms with van der Waals surface area (Å²) >= 11 is 0. The molecule has 1 rings (SSSR count). The average Bonchev–Trinajstić information content (AvgIpc) is 2.43. The van der Waals surface area contributed by atoms with E-state index in [4.69, 9.17) is 4.74 Å². The molecule has 1 aromatic rings. The average molecular weight is 251 g/mol. The van der Waals surface area contributed by atoms with E-state index >= 15 is 0 Å². The van der Waals surface area contributed by atoms with Crippen LogP contribution in [-0.2, 0) is 20.7 Å². The minimum absolute atomic E-state index is 0.388. The van der Waals surface area contributed by atoms with Crippen LogP contribution in [-0.4, -0.2) is 44.3 Å². The Morgan fingerprint density at radius 3 is 2.28 bits per heavy atom. The van der Waals surface area contributed by atoms with Gasteiger partial charge in [0.05, 0.1) is 14.2 Å².